The quantitative estimate of drug-likeness (QED) is 0.155. The van der Waals surface area contributed by atoms with Gasteiger partial charge in [0, 0.05) is 30.4 Å². The zero-order chi connectivity index (χ0) is 35.2. The molecular formula is C41H39NO8. The summed E-state index contributed by atoms with van der Waals surface area (Å²) in [6.07, 6.45) is 5.57. The van der Waals surface area contributed by atoms with Gasteiger partial charge >= 0.3 is 5.97 Å². The van der Waals surface area contributed by atoms with Gasteiger partial charge in [-0.2, -0.15) is 0 Å². The van der Waals surface area contributed by atoms with Crippen LogP contribution in [0, 0.1) is 23.7 Å². The number of rotatable bonds is 10. The molecule has 0 spiro atoms. The molecule has 0 bridgehead atoms. The van der Waals surface area contributed by atoms with Crippen LogP contribution in [0.5, 0.6) is 11.5 Å². The molecule has 9 nitrogen and oxygen atoms in total. The average Bonchev–Trinajstić information content (AvgIpc) is 3.37. The van der Waals surface area contributed by atoms with Gasteiger partial charge in [-0.05, 0) is 66.5 Å². The SMILES string of the molecule is COc1cc([C@H]2C3=CC[C@@H]4C(=O)N(CCCCCC(=O)O)C(=O)[C@@H]4[C@@H]3C[C@H]3C(=O)C(c4ccccc4)=CC(=O)[C@@]23c2ccccc2)ccc1O. The third-order valence-electron chi connectivity index (χ3n) is 11.3. The second-order valence-corrected chi connectivity index (χ2v) is 13.8. The number of carboxylic acids is 1. The molecule has 0 radical (unpaired) electrons. The van der Waals surface area contributed by atoms with Crippen molar-refractivity contribution in [2.75, 3.05) is 13.7 Å². The fraction of sp³-hybridized carbons (Fsp3) is 0.341. The third-order valence-corrected chi connectivity index (χ3v) is 11.3. The molecular weight excluding hydrogens is 634 g/mol. The van der Waals surface area contributed by atoms with Gasteiger partial charge in [0.25, 0.3) is 0 Å². The second-order valence-electron chi connectivity index (χ2n) is 13.8. The molecule has 1 saturated carbocycles. The Morgan fingerprint density at radius 1 is 0.900 bits per heavy atom. The summed E-state index contributed by atoms with van der Waals surface area (Å²) in [6, 6.07) is 23.4. The van der Waals surface area contributed by atoms with E-state index in [9.17, 15) is 24.3 Å². The van der Waals surface area contributed by atoms with Crippen molar-refractivity contribution in [3.05, 3.63) is 113 Å². The number of fused-ring (bicyclic) bond motifs is 4. The smallest absolute Gasteiger partial charge is 0.303 e. The van der Waals surface area contributed by atoms with E-state index in [-0.39, 0.29) is 54.3 Å². The summed E-state index contributed by atoms with van der Waals surface area (Å²) >= 11 is 0. The molecule has 2 N–H and O–H groups in total. The Kier molecular flexibility index (Phi) is 8.76. The number of carbonyl (C=O) groups is 5. The Hall–Kier alpha value is -5.31. The lowest BCUT2D eigenvalue weighted by molar-refractivity contribution is -0.141. The number of benzene rings is 3. The van der Waals surface area contributed by atoms with Crippen LogP contribution in [0.1, 0.15) is 61.1 Å². The minimum Gasteiger partial charge on any atom is -0.504 e. The van der Waals surface area contributed by atoms with Crippen molar-refractivity contribution in [1.29, 1.82) is 0 Å². The molecule has 50 heavy (non-hydrogen) atoms. The van der Waals surface area contributed by atoms with Crippen molar-refractivity contribution < 1.29 is 38.9 Å². The number of aliphatic carboxylic acids is 1. The van der Waals surface area contributed by atoms with E-state index in [1.54, 1.807) is 12.1 Å². The van der Waals surface area contributed by atoms with Gasteiger partial charge in [0.2, 0.25) is 11.8 Å². The highest BCUT2D eigenvalue weighted by Crippen LogP contribution is 2.64. The maximum absolute atomic E-state index is 15.1. The topological polar surface area (TPSA) is 138 Å². The molecule has 1 aliphatic heterocycles. The van der Waals surface area contributed by atoms with E-state index in [1.807, 2.05) is 66.7 Å². The number of carbonyl (C=O) groups excluding carboxylic acids is 4. The predicted octanol–water partition coefficient (Wildman–Crippen LogP) is 5.87. The van der Waals surface area contributed by atoms with Gasteiger partial charge in [-0.3, -0.25) is 28.9 Å². The van der Waals surface area contributed by atoms with E-state index >= 15 is 4.79 Å². The summed E-state index contributed by atoms with van der Waals surface area (Å²) in [5, 5.41) is 19.6. The highest BCUT2D eigenvalue weighted by atomic mass is 16.5. The molecule has 2 amide bonds. The summed E-state index contributed by atoms with van der Waals surface area (Å²) in [6.45, 7) is 0.209. The zero-order valence-corrected chi connectivity index (χ0v) is 27.8. The van der Waals surface area contributed by atoms with Crippen LogP contribution in [-0.2, 0) is 29.4 Å². The van der Waals surface area contributed by atoms with Crippen molar-refractivity contribution in [1.82, 2.24) is 4.90 Å². The van der Waals surface area contributed by atoms with Gasteiger partial charge < -0.3 is 14.9 Å². The van der Waals surface area contributed by atoms with Crippen LogP contribution in [0.3, 0.4) is 0 Å². The van der Waals surface area contributed by atoms with Gasteiger partial charge in [0.05, 0.1) is 24.4 Å². The summed E-state index contributed by atoms with van der Waals surface area (Å²) in [4.78, 5) is 70.4. The lowest BCUT2D eigenvalue weighted by Gasteiger charge is -2.55. The third kappa shape index (κ3) is 5.27. The van der Waals surface area contributed by atoms with Gasteiger partial charge in [-0.1, -0.05) is 84.8 Å². The molecule has 3 aromatic carbocycles. The van der Waals surface area contributed by atoms with Crippen LogP contribution in [0.25, 0.3) is 5.57 Å². The first kappa shape index (κ1) is 33.2. The number of Topliss-reactive ketones (excluding diaryl/α,β-unsaturated/α-hetero) is 1. The maximum Gasteiger partial charge on any atom is 0.303 e. The van der Waals surface area contributed by atoms with E-state index in [2.05, 4.69) is 0 Å². The molecule has 3 aromatic rings. The maximum atomic E-state index is 15.1. The predicted molar refractivity (Wildman–Crippen MR) is 184 cm³/mol. The Morgan fingerprint density at radius 2 is 1.62 bits per heavy atom. The largest absolute Gasteiger partial charge is 0.504 e. The van der Waals surface area contributed by atoms with Crippen LogP contribution in [-0.4, -0.2) is 58.1 Å². The van der Waals surface area contributed by atoms with E-state index < -0.39 is 41.0 Å². The standard InChI is InChI=1S/C41H39NO8/c1-50-33-21-25(16-19-32(33)43)37-27-17-18-28-36(40(49)42(39(28)48)20-10-4-9-15-35(45)46)30(27)22-31-38(47)29(24-11-5-2-6-12-24)23-34(44)41(31,37)26-13-7-3-8-14-26/h2-3,5-8,11-14,16-17,19,21,23,28,30-31,36-37,43H,4,9-10,15,18,20,22H2,1H3,(H,45,46)/t28-,30+,31-,36-,37-,41-/m0/s1. The number of hydrogen-bond donors (Lipinski definition) is 2. The van der Waals surface area contributed by atoms with Crippen LogP contribution in [0.2, 0.25) is 0 Å². The fourth-order valence-electron chi connectivity index (χ4n) is 9.13. The van der Waals surface area contributed by atoms with Crippen molar-refractivity contribution in [3.8, 4) is 11.5 Å². The number of nitrogens with zero attached hydrogens (tertiary/aromatic N) is 1. The number of carboxylic acid groups (broad SMARTS) is 1. The monoisotopic (exact) mass is 673 g/mol. The number of hydrogen-bond acceptors (Lipinski definition) is 7. The van der Waals surface area contributed by atoms with Crippen LogP contribution < -0.4 is 4.74 Å². The van der Waals surface area contributed by atoms with Crippen molar-refractivity contribution in [2.24, 2.45) is 23.7 Å². The Labute approximate surface area is 290 Å². The molecule has 4 aliphatic rings. The molecule has 1 saturated heterocycles. The summed E-state index contributed by atoms with van der Waals surface area (Å²) in [5.41, 5.74) is 1.77. The van der Waals surface area contributed by atoms with Gasteiger partial charge in [0.1, 0.15) is 0 Å². The molecule has 6 atom stereocenters. The number of aromatic hydroxyl groups is 1. The first-order valence-corrected chi connectivity index (χ1v) is 17.2. The van der Waals surface area contributed by atoms with Crippen molar-refractivity contribution in [3.63, 3.8) is 0 Å². The molecule has 9 heteroatoms. The molecule has 3 aliphatic carbocycles. The summed E-state index contributed by atoms with van der Waals surface area (Å²) in [7, 11) is 1.45. The van der Waals surface area contributed by atoms with Gasteiger partial charge in [0.15, 0.2) is 23.1 Å². The highest BCUT2D eigenvalue weighted by Gasteiger charge is 2.65. The Balaban J connectivity index is 1.38. The first-order valence-electron chi connectivity index (χ1n) is 17.2. The fourth-order valence-corrected chi connectivity index (χ4v) is 9.13. The molecule has 2 fully saturated rings. The van der Waals surface area contributed by atoms with Crippen LogP contribution in [0.4, 0.5) is 0 Å². The van der Waals surface area contributed by atoms with Crippen LogP contribution in [0.15, 0.2) is 96.6 Å². The van der Waals surface area contributed by atoms with E-state index in [0.717, 1.165) is 5.57 Å². The number of amides is 2. The molecule has 7 rings (SSSR count). The second kappa shape index (κ2) is 13.2. The van der Waals surface area contributed by atoms with Gasteiger partial charge in [-0.15, -0.1) is 0 Å². The van der Waals surface area contributed by atoms with E-state index in [4.69, 9.17) is 9.84 Å². The number of allylic oxidation sites excluding steroid dienone is 4. The minimum atomic E-state index is -1.37. The number of unbranched alkanes of at least 4 members (excludes halogenated alkanes) is 2. The minimum absolute atomic E-state index is 0.0304. The van der Waals surface area contributed by atoms with Crippen molar-refractivity contribution >= 4 is 34.9 Å². The first-order chi connectivity index (χ1) is 24.2. The summed E-state index contributed by atoms with van der Waals surface area (Å²) in [5.74, 6) is -5.03. The lowest BCUT2D eigenvalue weighted by atomic mass is 9.44. The highest BCUT2D eigenvalue weighted by molar-refractivity contribution is 6.31. The number of ether oxygens (including phenoxy) is 1. The normalized spacial score (nSPS) is 27.2. The summed E-state index contributed by atoms with van der Waals surface area (Å²) < 4.78 is 5.52. The van der Waals surface area contributed by atoms with Crippen molar-refractivity contribution in [2.45, 2.75) is 49.9 Å². The zero-order valence-electron chi connectivity index (χ0n) is 27.8. The van der Waals surface area contributed by atoms with Gasteiger partial charge in [-0.25, -0.2) is 0 Å². The van der Waals surface area contributed by atoms with Crippen LogP contribution >= 0.6 is 0 Å². The molecule has 256 valence electrons. The number of ketones is 2. The number of phenols is 1. The average molecular weight is 674 g/mol. The lowest BCUT2D eigenvalue weighted by Crippen LogP contribution is -2.58. The Bertz CT molecular complexity index is 1930. The molecule has 1 heterocycles. The number of phenolic OH excluding ortho intramolecular Hbond substituents is 1. The number of imide groups is 1. The number of methoxy groups -OCH3 is 1. The van der Waals surface area contributed by atoms with E-state index in [0.29, 0.717) is 47.9 Å². The Morgan fingerprint density at radius 3 is 2.32 bits per heavy atom. The molecule has 0 aromatic heterocycles. The molecule has 0 unspecified atom stereocenters. The number of likely N-dealkylation sites (tertiary alicyclic amines) is 1. The van der Waals surface area contributed by atoms with E-state index in [1.165, 1.54) is 24.2 Å².